The van der Waals surface area contributed by atoms with Gasteiger partial charge in [-0.2, -0.15) is 0 Å². The summed E-state index contributed by atoms with van der Waals surface area (Å²) in [4.78, 5) is 27.2. The number of aromatic nitrogens is 1. The predicted molar refractivity (Wildman–Crippen MR) is 91.2 cm³/mol. The van der Waals surface area contributed by atoms with E-state index in [1.165, 1.54) is 6.92 Å². The number of nitrogens with one attached hydrogen (secondary N) is 1. The molecule has 0 spiro atoms. The van der Waals surface area contributed by atoms with Crippen LogP contribution >= 0.6 is 23.2 Å². The third-order valence-electron chi connectivity index (χ3n) is 3.55. The van der Waals surface area contributed by atoms with Crippen molar-refractivity contribution in [2.45, 2.75) is 33.8 Å². The van der Waals surface area contributed by atoms with E-state index in [0.717, 1.165) is 0 Å². The first-order valence-corrected chi connectivity index (χ1v) is 7.83. The second-order valence-electron chi connectivity index (χ2n) is 5.41. The Balaban J connectivity index is 2.26. The second kappa shape index (κ2) is 6.77. The first-order chi connectivity index (χ1) is 10.7. The molecule has 1 heterocycles. The summed E-state index contributed by atoms with van der Waals surface area (Å²) in [5.74, 6) is 0.0933. The van der Waals surface area contributed by atoms with Crippen molar-refractivity contribution in [2.24, 2.45) is 0 Å². The molecule has 0 aliphatic heterocycles. The molecule has 0 saturated heterocycles. The molecule has 6 heteroatoms. The summed E-state index contributed by atoms with van der Waals surface area (Å²) in [5.41, 5.74) is 2.25. The third-order valence-corrected chi connectivity index (χ3v) is 3.99. The Hall–Kier alpha value is -1.78. The molecule has 1 aromatic heterocycles. The van der Waals surface area contributed by atoms with Crippen LogP contribution in [0.2, 0.25) is 10.0 Å². The number of carbonyl (C=O) groups excluding carboxylic acids is 2. The number of carbonyl (C=O) groups is 2. The van der Waals surface area contributed by atoms with E-state index in [9.17, 15) is 9.59 Å². The maximum Gasteiger partial charge on any atom is 0.219 e. The average Bonchev–Trinajstić information content (AvgIpc) is 2.71. The van der Waals surface area contributed by atoms with Crippen LogP contribution in [0.4, 0.5) is 0 Å². The Labute approximate surface area is 144 Å². The van der Waals surface area contributed by atoms with Crippen LogP contribution in [0.3, 0.4) is 0 Å². The minimum atomic E-state index is -0.749. The number of aryl methyl sites for hydroxylation is 1. The average molecular weight is 354 g/mol. The topological polar surface area (TPSA) is 59.2 Å². The number of ether oxygens (including phenoxy) is 1. The fourth-order valence-corrected chi connectivity index (χ4v) is 3.09. The molecule has 0 amide bonds. The molecule has 1 atom stereocenters. The molecule has 4 nitrogen and oxygen atoms in total. The van der Waals surface area contributed by atoms with Crippen molar-refractivity contribution in [3.05, 3.63) is 50.8 Å². The van der Waals surface area contributed by atoms with Gasteiger partial charge in [0.05, 0.1) is 5.69 Å². The summed E-state index contributed by atoms with van der Waals surface area (Å²) in [6.07, 6.45) is -0.749. The number of benzene rings is 1. The summed E-state index contributed by atoms with van der Waals surface area (Å²) in [7, 11) is 0. The molecule has 2 rings (SSSR count). The highest BCUT2D eigenvalue weighted by Gasteiger charge is 2.24. The van der Waals surface area contributed by atoms with Crippen molar-refractivity contribution < 1.29 is 14.3 Å². The molecule has 23 heavy (non-hydrogen) atoms. The lowest BCUT2D eigenvalue weighted by atomic mass is 10.0. The summed E-state index contributed by atoms with van der Waals surface area (Å²) in [5, 5.41) is 0.857. The lowest BCUT2D eigenvalue weighted by Gasteiger charge is -2.14. The number of rotatable bonds is 5. The maximum absolute atomic E-state index is 12.6. The lowest BCUT2D eigenvalue weighted by molar-refractivity contribution is 0.0812. The minimum absolute atomic E-state index is 0.0782. The lowest BCUT2D eigenvalue weighted by Crippen LogP contribution is -2.25. The molecular formula is C17H17Cl2NO3. The van der Waals surface area contributed by atoms with Gasteiger partial charge in [0.1, 0.15) is 5.75 Å². The van der Waals surface area contributed by atoms with E-state index < -0.39 is 6.10 Å². The number of hydrogen-bond donors (Lipinski definition) is 1. The van der Waals surface area contributed by atoms with E-state index in [-0.39, 0.29) is 11.6 Å². The van der Waals surface area contributed by atoms with E-state index in [1.807, 2.05) is 0 Å². The molecule has 0 aliphatic rings. The molecule has 122 valence electrons. The van der Waals surface area contributed by atoms with E-state index in [1.54, 1.807) is 39.0 Å². The number of ketones is 2. The first kappa shape index (κ1) is 17.6. The van der Waals surface area contributed by atoms with Crippen molar-refractivity contribution in [3.63, 3.8) is 0 Å². The fraction of sp³-hybridized carbons (Fsp3) is 0.294. The number of halogens is 2. The zero-order valence-corrected chi connectivity index (χ0v) is 14.8. The van der Waals surface area contributed by atoms with Gasteiger partial charge in [0.2, 0.25) is 5.78 Å². The van der Waals surface area contributed by atoms with Gasteiger partial charge in [0.25, 0.3) is 0 Å². The molecule has 0 unspecified atom stereocenters. The number of hydrogen-bond acceptors (Lipinski definition) is 3. The van der Waals surface area contributed by atoms with Gasteiger partial charge in [-0.15, -0.1) is 0 Å². The van der Waals surface area contributed by atoms with Crippen LogP contribution in [0.1, 0.15) is 46.0 Å². The molecule has 0 aliphatic carbocycles. The van der Waals surface area contributed by atoms with E-state index in [4.69, 9.17) is 27.9 Å². The third kappa shape index (κ3) is 3.77. The van der Waals surface area contributed by atoms with Crippen LogP contribution < -0.4 is 4.74 Å². The highest BCUT2D eigenvalue weighted by molar-refractivity contribution is 6.34. The Bertz CT molecular complexity index is 760. The molecule has 0 radical (unpaired) electrons. The second-order valence-corrected chi connectivity index (χ2v) is 6.28. The normalized spacial score (nSPS) is 12.1. The van der Waals surface area contributed by atoms with E-state index in [0.29, 0.717) is 38.3 Å². The molecule has 1 N–H and O–H groups in total. The van der Waals surface area contributed by atoms with Crippen molar-refractivity contribution >= 4 is 34.8 Å². The standard InChI is InChI=1S/C17H17Cl2NO3/c1-8-15(10(3)21)9(2)20-16(8)17(22)11(4)23-14-6-12(18)5-13(19)7-14/h5-7,11,20H,1-4H3/t11-/m0/s1. The summed E-state index contributed by atoms with van der Waals surface area (Å²) >= 11 is 11.8. The van der Waals surface area contributed by atoms with Gasteiger partial charge >= 0.3 is 0 Å². The largest absolute Gasteiger partial charge is 0.482 e. The molecule has 1 aromatic carbocycles. The monoisotopic (exact) mass is 353 g/mol. The molecule has 2 aromatic rings. The zero-order valence-electron chi connectivity index (χ0n) is 13.3. The molecule has 0 fully saturated rings. The van der Waals surface area contributed by atoms with Crippen LogP contribution in [0.15, 0.2) is 18.2 Å². The van der Waals surface area contributed by atoms with Crippen molar-refractivity contribution in [2.75, 3.05) is 0 Å². The fourth-order valence-electron chi connectivity index (χ4n) is 2.58. The van der Waals surface area contributed by atoms with Crippen LogP contribution in [0.25, 0.3) is 0 Å². The van der Waals surface area contributed by atoms with Crippen molar-refractivity contribution in [1.82, 2.24) is 4.98 Å². The Morgan fingerprint density at radius 3 is 2.17 bits per heavy atom. The maximum atomic E-state index is 12.6. The van der Waals surface area contributed by atoms with E-state index in [2.05, 4.69) is 4.98 Å². The van der Waals surface area contributed by atoms with Gasteiger partial charge in [0.15, 0.2) is 11.9 Å². The minimum Gasteiger partial charge on any atom is -0.482 e. The van der Waals surface area contributed by atoms with Crippen LogP contribution in [0, 0.1) is 13.8 Å². The number of aromatic amines is 1. The van der Waals surface area contributed by atoms with Gasteiger partial charge in [0, 0.05) is 21.3 Å². The Morgan fingerprint density at radius 2 is 1.70 bits per heavy atom. The zero-order chi connectivity index (χ0) is 17.3. The molecule has 0 bridgehead atoms. The SMILES string of the molecule is CC(=O)c1c(C)[nH]c(C(=O)[C@H](C)Oc2cc(Cl)cc(Cl)c2)c1C. The predicted octanol–water partition coefficient (Wildman–Crippen LogP) is 4.79. The molecular weight excluding hydrogens is 337 g/mol. The van der Waals surface area contributed by atoms with Gasteiger partial charge in [-0.3, -0.25) is 9.59 Å². The summed E-state index contributed by atoms with van der Waals surface area (Å²) < 4.78 is 5.63. The highest BCUT2D eigenvalue weighted by Crippen LogP contribution is 2.26. The first-order valence-electron chi connectivity index (χ1n) is 7.07. The van der Waals surface area contributed by atoms with Crippen molar-refractivity contribution in [1.29, 1.82) is 0 Å². The summed E-state index contributed by atoms with van der Waals surface area (Å²) in [6.45, 7) is 6.63. The Kier molecular flexibility index (Phi) is 5.17. The van der Waals surface area contributed by atoms with Crippen LogP contribution in [0.5, 0.6) is 5.75 Å². The smallest absolute Gasteiger partial charge is 0.219 e. The quantitative estimate of drug-likeness (QED) is 0.786. The van der Waals surface area contributed by atoms with Crippen LogP contribution in [-0.4, -0.2) is 22.7 Å². The Morgan fingerprint density at radius 1 is 1.13 bits per heavy atom. The molecule has 0 saturated carbocycles. The van der Waals surface area contributed by atoms with E-state index >= 15 is 0 Å². The van der Waals surface area contributed by atoms with Gasteiger partial charge in [-0.25, -0.2) is 0 Å². The summed E-state index contributed by atoms with van der Waals surface area (Å²) in [6, 6.07) is 4.76. The van der Waals surface area contributed by atoms with Crippen molar-refractivity contribution in [3.8, 4) is 5.75 Å². The number of H-pyrrole nitrogens is 1. The number of Topliss-reactive ketones (excluding diaryl/α,β-unsaturated/α-hetero) is 2. The van der Waals surface area contributed by atoms with Crippen LogP contribution in [-0.2, 0) is 0 Å². The highest BCUT2D eigenvalue weighted by atomic mass is 35.5. The van der Waals surface area contributed by atoms with Gasteiger partial charge < -0.3 is 9.72 Å². The van der Waals surface area contributed by atoms with Gasteiger partial charge in [-0.05, 0) is 51.5 Å². The van der Waals surface area contributed by atoms with Gasteiger partial charge in [-0.1, -0.05) is 23.2 Å².